The molecule has 4 rings (SSSR count). The highest BCUT2D eigenvalue weighted by atomic mass is 127. The third-order valence-corrected chi connectivity index (χ3v) is 14.6. The van der Waals surface area contributed by atoms with Crippen LogP contribution in [0.25, 0.3) is 22.1 Å². The zero-order valence-electron chi connectivity index (χ0n) is 18.4. The third-order valence-electron chi connectivity index (χ3n) is 6.11. The molecular formula is C25H38I2N4Si. The number of fused-ring (bicyclic) bond motifs is 2. The number of nitrogens with one attached hydrogen (secondary N) is 1. The Labute approximate surface area is 222 Å². The number of nitrogens with zero attached hydrogens (tertiary/aromatic N) is 3. The topological polar surface area (TPSA) is 46.5 Å². The van der Waals surface area contributed by atoms with Gasteiger partial charge in [-0.15, -0.1) is 0 Å². The van der Waals surface area contributed by atoms with Gasteiger partial charge in [-0.05, 0) is 86.1 Å². The van der Waals surface area contributed by atoms with Crippen LogP contribution in [0.1, 0.15) is 56.4 Å². The molecule has 0 aliphatic heterocycles. The Morgan fingerprint density at radius 3 is 1.88 bits per heavy atom. The Hall–Kier alpha value is -0.943. The zero-order valence-corrected chi connectivity index (χ0v) is 23.8. The van der Waals surface area contributed by atoms with Crippen LogP contribution in [0.15, 0.2) is 49.1 Å². The molecule has 0 amide bonds. The van der Waals surface area contributed by atoms with Crippen LogP contribution in [-0.4, -0.2) is 27.4 Å². The minimum atomic E-state index is -1.70. The summed E-state index contributed by atoms with van der Waals surface area (Å²) in [5, 5.41) is 2.50. The monoisotopic (exact) mass is 676 g/mol. The van der Waals surface area contributed by atoms with Crippen molar-refractivity contribution < 1.29 is 0 Å². The van der Waals surface area contributed by atoms with Gasteiger partial charge >= 0.3 is 0 Å². The predicted octanol–water partition coefficient (Wildman–Crippen LogP) is 9.10. The lowest BCUT2D eigenvalue weighted by Crippen LogP contribution is -2.51. The Morgan fingerprint density at radius 2 is 1.34 bits per heavy atom. The molecule has 4 heterocycles. The number of pyridine rings is 2. The molecule has 4 aromatic rings. The predicted molar refractivity (Wildman–Crippen MR) is 161 cm³/mol. The number of aromatic nitrogens is 4. The van der Waals surface area contributed by atoms with E-state index in [0.717, 1.165) is 5.65 Å². The summed E-state index contributed by atoms with van der Waals surface area (Å²) < 4.78 is 5.13. The van der Waals surface area contributed by atoms with Gasteiger partial charge in [0, 0.05) is 42.7 Å². The zero-order chi connectivity index (χ0) is 22.1. The lowest BCUT2D eigenvalue weighted by atomic mass is 10.3. The maximum atomic E-state index is 4.71. The van der Waals surface area contributed by atoms with Crippen LogP contribution in [0.3, 0.4) is 0 Å². The van der Waals surface area contributed by atoms with Crippen LogP contribution < -0.4 is 0 Å². The molecule has 0 spiro atoms. The summed E-state index contributed by atoms with van der Waals surface area (Å²) in [6.45, 7) is 14.4. The molecule has 0 unspecified atom stereocenters. The maximum Gasteiger partial charge on any atom is 0.171 e. The fourth-order valence-corrected chi connectivity index (χ4v) is 13.2. The van der Waals surface area contributed by atoms with E-state index in [1.165, 1.54) is 23.6 Å². The average Bonchev–Trinajstić information content (AvgIpc) is 3.24. The van der Waals surface area contributed by atoms with Crippen molar-refractivity contribution in [3.8, 4) is 0 Å². The first-order valence-electron chi connectivity index (χ1n) is 10.4. The van der Waals surface area contributed by atoms with Crippen LogP contribution in [0, 0.1) is 7.14 Å². The summed E-state index contributed by atoms with van der Waals surface area (Å²) in [7, 11) is -1.70. The van der Waals surface area contributed by atoms with E-state index in [4.69, 9.17) is 4.98 Å². The highest BCUT2D eigenvalue weighted by Crippen LogP contribution is 2.44. The van der Waals surface area contributed by atoms with E-state index >= 15 is 0 Å². The van der Waals surface area contributed by atoms with E-state index in [9.17, 15) is 0 Å². The number of H-pyrrole nitrogens is 1. The minimum absolute atomic E-state index is 0. The van der Waals surface area contributed by atoms with E-state index in [1.807, 2.05) is 24.5 Å². The third kappa shape index (κ3) is 5.24. The van der Waals surface area contributed by atoms with Gasteiger partial charge in [-0.2, -0.15) is 0 Å². The van der Waals surface area contributed by atoms with Crippen LogP contribution in [0.2, 0.25) is 16.6 Å². The van der Waals surface area contributed by atoms with E-state index < -0.39 is 8.24 Å². The molecule has 0 aliphatic rings. The van der Waals surface area contributed by atoms with Crippen molar-refractivity contribution in [1.82, 2.24) is 19.2 Å². The number of hydrogen-bond acceptors (Lipinski definition) is 2. The Kier molecular flexibility index (Phi) is 10.9. The van der Waals surface area contributed by atoms with Crippen molar-refractivity contribution in [2.75, 3.05) is 0 Å². The lowest BCUT2D eigenvalue weighted by Gasteiger charge is -2.44. The lowest BCUT2D eigenvalue weighted by molar-refractivity contribution is 0.770. The summed E-state index contributed by atoms with van der Waals surface area (Å²) in [5.74, 6) is 0. The summed E-state index contributed by atoms with van der Waals surface area (Å²) in [5.41, 5.74) is 4.22. The smallest absolute Gasteiger partial charge is 0.171 e. The van der Waals surface area contributed by atoms with E-state index in [2.05, 4.69) is 119 Å². The molecule has 0 saturated heterocycles. The van der Waals surface area contributed by atoms with Gasteiger partial charge in [-0.1, -0.05) is 56.4 Å². The van der Waals surface area contributed by atoms with Crippen LogP contribution in [0.4, 0.5) is 0 Å². The Morgan fingerprint density at radius 1 is 0.812 bits per heavy atom. The molecule has 0 atom stereocenters. The molecule has 0 radical (unpaired) electrons. The van der Waals surface area contributed by atoms with Crippen molar-refractivity contribution in [2.45, 2.75) is 73.0 Å². The highest BCUT2D eigenvalue weighted by molar-refractivity contribution is 14.1. The number of hydrogen-bond donors (Lipinski definition) is 1. The molecule has 176 valence electrons. The molecule has 32 heavy (non-hydrogen) atoms. The average molecular weight is 677 g/mol. The van der Waals surface area contributed by atoms with Gasteiger partial charge in [-0.3, -0.25) is 0 Å². The molecule has 7 heteroatoms. The van der Waals surface area contributed by atoms with Crippen molar-refractivity contribution >= 4 is 75.5 Å². The van der Waals surface area contributed by atoms with Crippen LogP contribution in [-0.2, 0) is 0 Å². The SMILES string of the molecule is C.C.CC(C)[Si](C(C)C)(C(C)C)n1cc(I)c2cccnc21.Ic1c[nH]c2ncccc12. The van der Waals surface area contributed by atoms with Gasteiger partial charge in [0.05, 0.1) is 0 Å². The van der Waals surface area contributed by atoms with Crippen molar-refractivity contribution in [2.24, 2.45) is 0 Å². The number of halogens is 2. The van der Waals surface area contributed by atoms with Gasteiger partial charge in [0.2, 0.25) is 0 Å². The first-order chi connectivity index (χ1) is 14.2. The van der Waals surface area contributed by atoms with Gasteiger partial charge in [0.15, 0.2) is 8.24 Å². The van der Waals surface area contributed by atoms with Gasteiger partial charge in [0.1, 0.15) is 11.3 Å². The first-order valence-corrected chi connectivity index (χ1v) is 14.7. The van der Waals surface area contributed by atoms with Crippen molar-refractivity contribution in [1.29, 1.82) is 0 Å². The number of aromatic amines is 1. The summed E-state index contributed by atoms with van der Waals surface area (Å²) in [4.78, 5) is 11.9. The van der Waals surface area contributed by atoms with E-state index in [-0.39, 0.29) is 14.9 Å². The molecule has 0 fully saturated rings. The fourth-order valence-electron chi connectivity index (χ4n) is 5.07. The second-order valence-corrected chi connectivity index (χ2v) is 16.7. The summed E-state index contributed by atoms with van der Waals surface area (Å²) in [6, 6.07) is 8.23. The Bertz CT molecular complexity index is 1110. The van der Waals surface area contributed by atoms with Gasteiger partial charge < -0.3 is 9.22 Å². The maximum absolute atomic E-state index is 4.71. The van der Waals surface area contributed by atoms with Crippen LogP contribution >= 0.6 is 45.2 Å². The number of rotatable bonds is 4. The van der Waals surface area contributed by atoms with E-state index in [0.29, 0.717) is 16.6 Å². The first kappa shape index (κ1) is 29.1. The van der Waals surface area contributed by atoms with E-state index in [1.54, 1.807) is 6.20 Å². The molecule has 0 bridgehead atoms. The normalized spacial score (nSPS) is 11.5. The molecule has 1 N–H and O–H groups in total. The largest absolute Gasteiger partial charge is 0.358 e. The highest BCUT2D eigenvalue weighted by Gasteiger charge is 2.46. The van der Waals surface area contributed by atoms with Gasteiger partial charge in [-0.25, -0.2) is 9.97 Å². The fraction of sp³-hybridized carbons (Fsp3) is 0.440. The van der Waals surface area contributed by atoms with Crippen molar-refractivity contribution in [3.63, 3.8) is 0 Å². The molecule has 4 nitrogen and oxygen atoms in total. The Balaban J connectivity index is 0.000000360. The van der Waals surface area contributed by atoms with Crippen molar-refractivity contribution in [3.05, 3.63) is 56.2 Å². The molecule has 0 aromatic carbocycles. The molecule has 0 saturated carbocycles. The standard InChI is InChI=1S/C16H25IN2Si.C7H5IN2.2CH4/c1-11(2)20(12(3)4,13(5)6)19-10-15(17)14-8-7-9-18-16(14)19;8-6-4-10-7-5(6)2-1-3-9-7;;/h7-13H,1-6H3;1-4H,(H,9,10);2*1H4. The van der Waals surface area contributed by atoms with Crippen LogP contribution in [0.5, 0.6) is 0 Å². The molecule has 4 aromatic heterocycles. The molecular weight excluding hydrogens is 638 g/mol. The second kappa shape index (κ2) is 12.0. The summed E-state index contributed by atoms with van der Waals surface area (Å²) >= 11 is 4.73. The van der Waals surface area contributed by atoms with Gasteiger partial charge in [0.25, 0.3) is 0 Å². The molecule has 0 aliphatic carbocycles. The second-order valence-electron chi connectivity index (χ2n) is 8.61. The minimum Gasteiger partial charge on any atom is -0.358 e. The summed E-state index contributed by atoms with van der Waals surface area (Å²) in [6.07, 6.45) is 8.02. The quantitative estimate of drug-likeness (QED) is 0.173.